The Morgan fingerprint density at radius 3 is 2.79 bits per heavy atom. The highest BCUT2D eigenvalue weighted by Gasteiger charge is 2.23. The second-order valence-electron chi connectivity index (χ2n) is 5.00. The van der Waals surface area contributed by atoms with Crippen molar-refractivity contribution in [3.05, 3.63) is 20.8 Å². The van der Waals surface area contributed by atoms with Gasteiger partial charge in [-0.3, -0.25) is 4.79 Å². The Labute approximate surface area is 127 Å². The topological polar surface area (TPSA) is 49.3 Å². The lowest BCUT2D eigenvalue weighted by Gasteiger charge is -2.29. The summed E-state index contributed by atoms with van der Waals surface area (Å²) < 4.78 is 1.13. The van der Waals surface area contributed by atoms with Crippen molar-refractivity contribution in [2.75, 3.05) is 6.61 Å². The zero-order valence-corrected chi connectivity index (χ0v) is 13.9. The van der Waals surface area contributed by atoms with Crippen LogP contribution in [0.4, 0.5) is 0 Å². The van der Waals surface area contributed by atoms with E-state index in [1.165, 1.54) is 4.88 Å². The summed E-state index contributed by atoms with van der Waals surface area (Å²) in [6, 6.07) is 4.13. The minimum Gasteiger partial charge on any atom is -0.396 e. The Kier molecular flexibility index (Phi) is 7.04. The Hall–Kier alpha value is -0.390. The van der Waals surface area contributed by atoms with Crippen LogP contribution in [-0.4, -0.2) is 23.2 Å². The SMILES string of the molecule is CCC(C)(CCO)NC(=O)CCCc1ccc(Br)s1. The van der Waals surface area contributed by atoms with Gasteiger partial charge in [0.25, 0.3) is 0 Å². The van der Waals surface area contributed by atoms with E-state index in [1.807, 2.05) is 19.9 Å². The second-order valence-corrected chi connectivity index (χ2v) is 7.54. The van der Waals surface area contributed by atoms with Crippen LogP contribution in [0.5, 0.6) is 0 Å². The number of amides is 1. The molecule has 1 aromatic heterocycles. The van der Waals surface area contributed by atoms with E-state index in [4.69, 9.17) is 5.11 Å². The van der Waals surface area contributed by atoms with E-state index in [0.29, 0.717) is 12.8 Å². The van der Waals surface area contributed by atoms with E-state index < -0.39 is 0 Å². The van der Waals surface area contributed by atoms with E-state index in [2.05, 4.69) is 27.3 Å². The summed E-state index contributed by atoms with van der Waals surface area (Å²) in [4.78, 5) is 13.2. The van der Waals surface area contributed by atoms with Crippen molar-refractivity contribution in [2.24, 2.45) is 0 Å². The molecule has 0 radical (unpaired) electrons. The molecule has 1 unspecified atom stereocenters. The van der Waals surface area contributed by atoms with Crippen LogP contribution in [0, 0.1) is 0 Å². The van der Waals surface area contributed by atoms with Crippen molar-refractivity contribution in [3.63, 3.8) is 0 Å². The van der Waals surface area contributed by atoms with Crippen molar-refractivity contribution in [3.8, 4) is 0 Å². The van der Waals surface area contributed by atoms with Crippen molar-refractivity contribution < 1.29 is 9.90 Å². The second kappa shape index (κ2) is 8.02. The van der Waals surface area contributed by atoms with Crippen LogP contribution in [0.1, 0.15) is 44.4 Å². The first kappa shape index (κ1) is 16.7. The van der Waals surface area contributed by atoms with Crippen LogP contribution < -0.4 is 5.32 Å². The molecule has 1 heterocycles. The number of carbonyl (C=O) groups is 1. The Morgan fingerprint density at radius 2 is 2.26 bits per heavy atom. The lowest BCUT2D eigenvalue weighted by molar-refractivity contribution is -0.123. The van der Waals surface area contributed by atoms with Crippen molar-refractivity contribution in [1.29, 1.82) is 0 Å². The van der Waals surface area contributed by atoms with Crippen LogP contribution in [0.2, 0.25) is 0 Å². The zero-order valence-electron chi connectivity index (χ0n) is 11.5. The molecule has 0 aliphatic heterocycles. The largest absolute Gasteiger partial charge is 0.396 e. The van der Waals surface area contributed by atoms with E-state index in [-0.39, 0.29) is 18.1 Å². The van der Waals surface area contributed by atoms with Crippen LogP contribution in [0.25, 0.3) is 0 Å². The Balaban J connectivity index is 2.31. The molecule has 108 valence electrons. The minimum absolute atomic E-state index is 0.0772. The standard InChI is InChI=1S/C14H22BrNO2S/c1-3-14(2,9-10-17)16-13(18)6-4-5-11-7-8-12(15)19-11/h7-8,17H,3-6,9-10H2,1-2H3,(H,16,18). The smallest absolute Gasteiger partial charge is 0.220 e. The van der Waals surface area contributed by atoms with Gasteiger partial charge in [-0.25, -0.2) is 0 Å². The molecule has 0 saturated heterocycles. The number of hydrogen-bond acceptors (Lipinski definition) is 3. The van der Waals surface area contributed by atoms with Crippen LogP contribution in [-0.2, 0) is 11.2 Å². The van der Waals surface area contributed by atoms with Gasteiger partial charge in [0, 0.05) is 23.4 Å². The molecule has 0 aliphatic carbocycles. The lowest BCUT2D eigenvalue weighted by Crippen LogP contribution is -2.46. The fourth-order valence-electron chi connectivity index (χ4n) is 1.88. The molecule has 1 amide bonds. The maximum Gasteiger partial charge on any atom is 0.220 e. The molecule has 5 heteroatoms. The monoisotopic (exact) mass is 347 g/mol. The van der Waals surface area contributed by atoms with Crippen LogP contribution in [0.3, 0.4) is 0 Å². The number of rotatable bonds is 8. The predicted octanol–water partition coefficient (Wildman–Crippen LogP) is 3.50. The number of hydrogen-bond donors (Lipinski definition) is 2. The molecule has 0 bridgehead atoms. The third kappa shape index (κ3) is 6.06. The number of carbonyl (C=O) groups excluding carboxylic acids is 1. The van der Waals surface area contributed by atoms with Gasteiger partial charge in [0.2, 0.25) is 5.91 Å². The molecule has 1 aromatic rings. The molecule has 0 spiro atoms. The fourth-order valence-corrected chi connectivity index (χ4v) is 3.41. The number of aryl methyl sites for hydroxylation is 1. The lowest BCUT2D eigenvalue weighted by atomic mass is 9.94. The first-order valence-electron chi connectivity index (χ1n) is 6.65. The minimum atomic E-state index is -0.280. The average Bonchev–Trinajstić information content (AvgIpc) is 2.75. The number of aliphatic hydroxyl groups is 1. The zero-order chi connectivity index (χ0) is 14.3. The average molecular weight is 348 g/mol. The Morgan fingerprint density at radius 1 is 1.53 bits per heavy atom. The molecular formula is C14H22BrNO2S. The summed E-state index contributed by atoms with van der Waals surface area (Å²) in [6.45, 7) is 4.12. The first-order valence-corrected chi connectivity index (χ1v) is 8.26. The molecule has 1 rings (SSSR count). The van der Waals surface area contributed by atoms with Gasteiger partial charge in [-0.05, 0) is 60.7 Å². The first-order chi connectivity index (χ1) is 8.99. The molecule has 0 aromatic carbocycles. The van der Waals surface area contributed by atoms with E-state index in [1.54, 1.807) is 11.3 Å². The number of halogens is 1. The van der Waals surface area contributed by atoms with Gasteiger partial charge in [-0.2, -0.15) is 0 Å². The quantitative estimate of drug-likeness (QED) is 0.755. The summed E-state index contributed by atoms with van der Waals surface area (Å²) in [5.74, 6) is 0.0772. The predicted molar refractivity (Wildman–Crippen MR) is 83.5 cm³/mol. The fraction of sp³-hybridized carbons (Fsp3) is 0.643. The molecule has 0 aliphatic rings. The van der Waals surface area contributed by atoms with Gasteiger partial charge in [0.15, 0.2) is 0 Å². The van der Waals surface area contributed by atoms with E-state index in [9.17, 15) is 4.79 Å². The summed E-state index contributed by atoms with van der Waals surface area (Å²) >= 11 is 5.15. The molecule has 3 nitrogen and oxygen atoms in total. The van der Waals surface area contributed by atoms with E-state index in [0.717, 1.165) is 23.0 Å². The normalized spacial score (nSPS) is 14.1. The summed E-state index contributed by atoms with van der Waals surface area (Å²) in [5.41, 5.74) is -0.280. The molecule has 19 heavy (non-hydrogen) atoms. The van der Waals surface area contributed by atoms with Crippen molar-refractivity contribution in [1.82, 2.24) is 5.32 Å². The van der Waals surface area contributed by atoms with Gasteiger partial charge in [0.05, 0.1) is 3.79 Å². The number of thiophene rings is 1. The summed E-state index contributed by atoms with van der Waals surface area (Å²) in [7, 11) is 0. The maximum atomic E-state index is 11.9. The highest BCUT2D eigenvalue weighted by Crippen LogP contribution is 2.23. The highest BCUT2D eigenvalue weighted by molar-refractivity contribution is 9.11. The molecule has 1 atom stereocenters. The van der Waals surface area contributed by atoms with Crippen LogP contribution >= 0.6 is 27.3 Å². The van der Waals surface area contributed by atoms with Gasteiger partial charge < -0.3 is 10.4 Å². The van der Waals surface area contributed by atoms with Gasteiger partial charge in [-0.15, -0.1) is 11.3 Å². The van der Waals surface area contributed by atoms with Gasteiger partial charge in [-0.1, -0.05) is 6.92 Å². The molecule has 2 N–H and O–H groups in total. The van der Waals surface area contributed by atoms with Gasteiger partial charge in [0.1, 0.15) is 0 Å². The number of nitrogens with one attached hydrogen (secondary N) is 1. The molecule has 0 fully saturated rings. The summed E-state index contributed by atoms with van der Waals surface area (Å²) in [6.07, 6.45) is 3.77. The molecular weight excluding hydrogens is 326 g/mol. The van der Waals surface area contributed by atoms with Gasteiger partial charge >= 0.3 is 0 Å². The molecule has 0 saturated carbocycles. The third-order valence-electron chi connectivity index (χ3n) is 3.34. The Bertz CT molecular complexity index is 408. The van der Waals surface area contributed by atoms with Crippen LogP contribution in [0.15, 0.2) is 15.9 Å². The number of aliphatic hydroxyl groups excluding tert-OH is 1. The van der Waals surface area contributed by atoms with Crippen molar-refractivity contribution in [2.45, 2.75) is 51.5 Å². The highest BCUT2D eigenvalue weighted by atomic mass is 79.9. The third-order valence-corrected chi connectivity index (χ3v) is 5.02. The van der Waals surface area contributed by atoms with E-state index >= 15 is 0 Å². The summed E-state index contributed by atoms with van der Waals surface area (Å²) in [5, 5.41) is 12.0. The maximum absolute atomic E-state index is 11.9. The van der Waals surface area contributed by atoms with Crippen molar-refractivity contribution >= 4 is 33.2 Å².